The van der Waals surface area contributed by atoms with E-state index in [1.54, 1.807) is 39.8 Å². The van der Waals surface area contributed by atoms with E-state index in [-0.39, 0.29) is 18.1 Å². The van der Waals surface area contributed by atoms with Crippen LogP contribution < -0.4 is 0 Å². The minimum Gasteiger partial charge on any atom is -0.506 e. The molecule has 0 bridgehead atoms. The molecule has 0 saturated heterocycles. The summed E-state index contributed by atoms with van der Waals surface area (Å²) in [5, 5.41) is 37.0. The van der Waals surface area contributed by atoms with Gasteiger partial charge in [-0.2, -0.15) is 0 Å². The van der Waals surface area contributed by atoms with Crippen molar-refractivity contribution in [2.45, 2.75) is 12.5 Å². The molecule has 2 aromatic heterocycles. The molecule has 25 heavy (non-hydrogen) atoms. The Hall–Kier alpha value is -2.28. The summed E-state index contributed by atoms with van der Waals surface area (Å²) in [6, 6.07) is 7.37. The Labute approximate surface area is 153 Å². The summed E-state index contributed by atoms with van der Waals surface area (Å²) < 4.78 is 0. The number of hydrogen-bond donors (Lipinski definition) is 2. The molecule has 2 aliphatic rings. The standard InChI is InChI=1S/C19H16NO3S2/c21-11-17-15(9-14-4-2-6-25-14)19(23)16-8-12(18(22)10-20(16)17)7-13-3-1-5-24-13/h1-6,8-10,17,21-22H,7,11H2/b15-9+. The van der Waals surface area contributed by atoms with Crippen molar-refractivity contribution in [1.29, 1.82) is 0 Å². The maximum Gasteiger partial charge on any atom is 0.207 e. The second-order valence-corrected chi connectivity index (χ2v) is 7.89. The molecule has 4 heterocycles. The molecule has 1 unspecified atom stereocenters. The zero-order valence-electron chi connectivity index (χ0n) is 13.3. The van der Waals surface area contributed by atoms with Gasteiger partial charge in [-0.15, -0.1) is 22.7 Å². The number of nitrogens with zero attached hydrogens (tertiary/aromatic N) is 1. The molecule has 0 amide bonds. The highest BCUT2D eigenvalue weighted by Gasteiger charge is 2.38. The Balaban J connectivity index is 1.74. The molecule has 0 spiro atoms. The molecule has 2 aliphatic heterocycles. The number of aliphatic hydroxyl groups excluding tert-OH is 2. The molecule has 2 aromatic rings. The lowest BCUT2D eigenvalue weighted by atomic mass is 10.1. The van der Waals surface area contributed by atoms with Gasteiger partial charge in [0.05, 0.1) is 18.3 Å². The zero-order valence-corrected chi connectivity index (χ0v) is 14.9. The van der Waals surface area contributed by atoms with Crippen LogP contribution >= 0.6 is 22.7 Å². The molecule has 1 radical (unpaired) electrons. The second-order valence-electron chi connectivity index (χ2n) is 5.88. The van der Waals surface area contributed by atoms with Crippen LogP contribution in [0, 0.1) is 0 Å². The van der Waals surface area contributed by atoms with Gasteiger partial charge in [0.2, 0.25) is 5.76 Å². The van der Waals surface area contributed by atoms with E-state index in [1.165, 1.54) is 0 Å². The number of allylic oxidation sites excluding steroid dienone is 2. The van der Waals surface area contributed by atoms with Gasteiger partial charge in [-0.3, -0.25) is 5.11 Å². The number of aliphatic hydroxyl groups is 2. The first-order valence-corrected chi connectivity index (χ1v) is 9.63. The molecule has 6 heteroatoms. The summed E-state index contributed by atoms with van der Waals surface area (Å²) in [5.41, 5.74) is 1.78. The minimum absolute atomic E-state index is 0.0973. The Kier molecular flexibility index (Phi) is 4.25. The monoisotopic (exact) mass is 370 g/mol. The van der Waals surface area contributed by atoms with Crippen molar-refractivity contribution in [3.05, 3.63) is 85.4 Å². The summed E-state index contributed by atoms with van der Waals surface area (Å²) in [6.07, 6.45) is 5.72. The number of fused-ring (bicyclic) bond motifs is 1. The van der Waals surface area contributed by atoms with Gasteiger partial charge in [0.1, 0.15) is 5.76 Å². The van der Waals surface area contributed by atoms with Crippen molar-refractivity contribution in [3.8, 4) is 0 Å². The normalized spacial score (nSPS) is 21.6. The maximum absolute atomic E-state index is 12.9. The van der Waals surface area contributed by atoms with E-state index in [0.717, 1.165) is 15.3 Å². The molecule has 0 fully saturated rings. The summed E-state index contributed by atoms with van der Waals surface area (Å²) in [5.74, 6) is 0.0423. The summed E-state index contributed by atoms with van der Waals surface area (Å²) in [4.78, 5) is 3.77. The fourth-order valence-electron chi connectivity index (χ4n) is 3.10. The minimum atomic E-state index is -0.466. The van der Waals surface area contributed by atoms with Gasteiger partial charge in [-0.05, 0) is 35.0 Å². The zero-order chi connectivity index (χ0) is 17.4. The first kappa shape index (κ1) is 16.2. The molecular weight excluding hydrogens is 354 g/mol. The first-order chi connectivity index (χ1) is 12.2. The predicted molar refractivity (Wildman–Crippen MR) is 99.5 cm³/mol. The van der Waals surface area contributed by atoms with Gasteiger partial charge in [0.25, 0.3) is 0 Å². The maximum atomic E-state index is 12.9. The third kappa shape index (κ3) is 2.93. The topological polar surface area (TPSA) is 63.6 Å². The third-order valence-electron chi connectivity index (χ3n) is 4.33. The van der Waals surface area contributed by atoms with E-state index in [0.29, 0.717) is 17.7 Å². The van der Waals surface area contributed by atoms with Crippen LogP contribution in [0.3, 0.4) is 0 Å². The molecule has 2 N–H and O–H groups in total. The van der Waals surface area contributed by atoms with Gasteiger partial charge in [-0.25, -0.2) is 0 Å². The van der Waals surface area contributed by atoms with Gasteiger partial charge in [0.15, 0.2) is 0 Å². The lowest BCUT2D eigenvalue weighted by Gasteiger charge is -2.27. The SMILES string of the molecule is [O]C1=C2C=C(Cc3cccs3)C(O)=CN2C(CO)/C1=C\c1cccs1. The Morgan fingerprint density at radius 2 is 2.00 bits per heavy atom. The van der Waals surface area contributed by atoms with Crippen LogP contribution in [0.4, 0.5) is 0 Å². The van der Waals surface area contributed by atoms with Gasteiger partial charge in [0, 0.05) is 33.5 Å². The average Bonchev–Trinajstić information content (AvgIpc) is 3.33. The quantitative estimate of drug-likeness (QED) is 0.852. The number of thiophene rings is 2. The highest BCUT2D eigenvalue weighted by atomic mass is 32.1. The van der Waals surface area contributed by atoms with Crippen LogP contribution in [0.1, 0.15) is 9.75 Å². The van der Waals surface area contributed by atoms with Crippen LogP contribution in [0.2, 0.25) is 0 Å². The van der Waals surface area contributed by atoms with E-state index >= 15 is 0 Å². The van der Waals surface area contributed by atoms with E-state index in [1.807, 2.05) is 41.1 Å². The summed E-state index contributed by atoms with van der Waals surface area (Å²) >= 11 is 3.16. The van der Waals surface area contributed by atoms with Crippen LogP contribution in [0.5, 0.6) is 0 Å². The number of rotatable bonds is 4. The highest BCUT2D eigenvalue weighted by molar-refractivity contribution is 7.10. The van der Waals surface area contributed by atoms with Crippen LogP contribution in [0.25, 0.3) is 6.08 Å². The van der Waals surface area contributed by atoms with E-state index < -0.39 is 6.04 Å². The predicted octanol–water partition coefficient (Wildman–Crippen LogP) is 4.09. The van der Waals surface area contributed by atoms with Gasteiger partial charge in [-0.1, -0.05) is 12.1 Å². The average molecular weight is 370 g/mol. The third-order valence-corrected chi connectivity index (χ3v) is 6.02. The largest absolute Gasteiger partial charge is 0.506 e. The lowest BCUT2D eigenvalue weighted by molar-refractivity contribution is 0.216. The molecular formula is C19H16NO3S2. The van der Waals surface area contributed by atoms with Gasteiger partial charge < -0.3 is 15.1 Å². The van der Waals surface area contributed by atoms with Gasteiger partial charge >= 0.3 is 0 Å². The number of hydrogen-bond acceptors (Lipinski definition) is 5. The Bertz CT molecular complexity index is 889. The van der Waals surface area contributed by atoms with E-state index in [2.05, 4.69) is 0 Å². The fraction of sp³-hybridized carbons (Fsp3) is 0.158. The molecule has 0 aliphatic carbocycles. The van der Waals surface area contributed by atoms with Crippen molar-refractivity contribution in [2.75, 3.05) is 6.61 Å². The van der Waals surface area contributed by atoms with Crippen molar-refractivity contribution in [3.63, 3.8) is 0 Å². The molecule has 1 atom stereocenters. The lowest BCUT2D eigenvalue weighted by Crippen LogP contribution is -2.31. The molecule has 0 aromatic carbocycles. The van der Waals surface area contributed by atoms with Crippen LogP contribution in [-0.2, 0) is 11.5 Å². The van der Waals surface area contributed by atoms with Crippen LogP contribution in [0.15, 0.2) is 75.7 Å². The summed E-state index contributed by atoms with van der Waals surface area (Å²) in [6.45, 7) is -0.190. The molecule has 4 rings (SSSR count). The van der Waals surface area contributed by atoms with Crippen molar-refractivity contribution >= 4 is 28.7 Å². The Morgan fingerprint density at radius 1 is 1.20 bits per heavy atom. The molecule has 4 nitrogen and oxygen atoms in total. The van der Waals surface area contributed by atoms with Crippen molar-refractivity contribution in [1.82, 2.24) is 4.90 Å². The fourth-order valence-corrected chi connectivity index (χ4v) is 4.50. The summed E-state index contributed by atoms with van der Waals surface area (Å²) in [7, 11) is 0. The Morgan fingerprint density at radius 3 is 2.68 bits per heavy atom. The van der Waals surface area contributed by atoms with Crippen LogP contribution in [-0.4, -0.2) is 27.8 Å². The highest BCUT2D eigenvalue weighted by Crippen LogP contribution is 2.39. The van der Waals surface area contributed by atoms with E-state index in [4.69, 9.17) is 0 Å². The van der Waals surface area contributed by atoms with Crippen molar-refractivity contribution < 1.29 is 15.3 Å². The molecule has 127 valence electrons. The smallest absolute Gasteiger partial charge is 0.207 e. The van der Waals surface area contributed by atoms with E-state index in [9.17, 15) is 15.3 Å². The second kappa shape index (κ2) is 6.55. The first-order valence-electron chi connectivity index (χ1n) is 7.87. The molecule has 0 saturated carbocycles. The van der Waals surface area contributed by atoms with Crippen molar-refractivity contribution in [2.24, 2.45) is 0 Å².